The van der Waals surface area contributed by atoms with Crippen molar-refractivity contribution in [3.8, 4) is 0 Å². The van der Waals surface area contributed by atoms with E-state index in [-0.39, 0.29) is 5.56 Å². The van der Waals surface area contributed by atoms with E-state index in [4.69, 9.17) is 4.99 Å². The minimum atomic E-state index is -1.24. The second-order valence-corrected chi connectivity index (χ2v) is 9.24. The van der Waals surface area contributed by atoms with Gasteiger partial charge in [-0.25, -0.2) is 9.79 Å². The molecule has 4 heterocycles. The van der Waals surface area contributed by atoms with Crippen molar-refractivity contribution in [3.63, 3.8) is 0 Å². The average molecular weight is 448 g/mol. The van der Waals surface area contributed by atoms with E-state index in [1.54, 1.807) is 6.21 Å². The number of hydrogen-bond donors (Lipinski definition) is 2. The summed E-state index contributed by atoms with van der Waals surface area (Å²) in [4.78, 5) is 38.0. The smallest absolute Gasteiger partial charge is 0.343 e. The number of piperidine rings is 1. The fourth-order valence-corrected chi connectivity index (χ4v) is 5.20. The minimum Gasteiger partial charge on any atom is -0.477 e. The van der Waals surface area contributed by atoms with Gasteiger partial charge in [0, 0.05) is 31.0 Å². The Morgan fingerprint density at radius 3 is 2.61 bits per heavy atom. The fraction of sp³-hybridized carbons (Fsp3) is 0.400. The molecule has 2 N–H and O–H groups in total. The maximum Gasteiger partial charge on any atom is 0.343 e. The maximum absolute atomic E-state index is 13.4. The number of H-pyrrole nitrogens is 1. The third-order valence-electron chi connectivity index (χ3n) is 7.05. The zero-order valence-electron chi connectivity index (χ0n) is 19.3. The van der Waals surface area contributed by atoms with Crippen molar-refractivity contribution >= 4 is 28.9 Å². The Morgan fingerprint density at radius 2 is 1.91 bits per heavy atom. The van der Waals surface area contributed by atoms with Crippen molar-refractivity contribution in [1.82, 2.24) is 19.2 Å². The number of carboxylic acids is 1. The van der Waals surface area contributed by atoms with Crippen LogP contribution in [0.5, 0.6) is 0 Å². The van der Waals surface area contributed by atoms with Crippen LogP contribution in [-0.4, -0.2) is 69.7 Å². The number of allylic oxidation sites excluding steroid dienone is 1. The number of para-hydroxylation sites is 2. The van der Waals surface area contributed by atoms with Crippen LogP contribution in [-0.2, 0) is 6.42 Å². The lowest BCUT2D eigenvalue weighted by molar-refractivity contribution is 0.0697. The Balaban J connectivity index is 1.64. The van der Waals surface area contributed by atoms with Gasteiger partial charge in [-0.05, 0) is 64.4 Å². The van der Waals surface area contributed by atoms with E-state index in [0.29, 0.717) is 23.7 Å². The van der Waals surface area contributed by atoms with E-state index in [1.165, 1.54) is 5.57 Å². The Morgan fingerprint density at radius 1 is 1.18 bits per heavy atom. The van der Waals surface area contributed by atoms with Crippen molar-refractivity contribution < 1.29 is 9.90 Å². The van der Waals surface area contributed by atoms with Gasteiger partial charge >= 0.3 is 5.97 Å². The molecular formula is C25H29N5O3. The molecule has 3 aromatic rings. The third-order valence-corrected chi connectivity index (χ3v) is 7.05. The number of pyridine rings is 1. The van der Waals surface area contributed by atoms with Crippen LogP contribution in [0, 0.1) is 0 Å². The summed E-state index contributed by atoms with van der Waals surface area (Å²) in [6.07, 6.45) is 5.10. The first-order valence-corrected chi connectivity index (χ1v) is 11.4. The molecule has 0 radical (unpaired) electrons. The van der Waals surface area contributed by atoms with Gasteiger partial charge in [-0.3, -0.25) is 9.20 Å². The highest BCUT2D eigenvalue weighted by Crippen LogP contribution is 2.27. The molecule has 0 atom stereocenters. The molecule has 33 heavy (non-hydrogen) atoms. The molecule has 8 heteroatoms. The standard InChI is InChI=1S/C25H29N5O3/c1-15-8-9-19-17(14-26-23(15)29-12-10-16(11-13-29)28(2)3)22(31)21(25(32)33)24-27-18-6-4-5-7-20(18)30(19)24/h4-7,14,16,27H,8-13H2,1-3H3,(H,32,33)/b23-15-,26-14-. The average Bonchev–Trinajstić information content (AvgIpc) is 3.15. The Hall–Kier alpha value is -3.39. The van der Waals surface area contributed by atoms with Crippen LogP contribution in [0.2, 0.25) is 0 Å². The number of benzene rings is 1. The van der Waals surface area contributed by atoms with Crippen LogP contribution >= 0.6 is 0 Å². The second kappa shape index (κ2) is 8.19. The number of aryl methyl sites for hydroxylation is 1. The lowest BCUT2D eigenvalue weighted by Crippen LogP contribution is -2.41. The van der Waals surface area contributed by atoms with E-state index in [0.717, 1.165) is 54.9 Å². The van der Waals surface area contributed by atoms with Gasteiger partial charge in [-0.2, -0.15) is 0 Å². The van der Waals surface area contributed by atoms with Crippen molar-refractivity contribution in [3.05, 3.63) is 62.7 Å². The second-order valence-electron chi connectivity index (χ2n) is 9.24. The van der Waals surface area contributed by atoms with Crippen molar-refractivity contribution in [1.29, 1.82) is 0 Å². The van der Waals surface area contributed by atoms with Gasteiger partial charge in [0.05, 0.1) is 16.6 Å². The van der Waals surface area contributed by atoms with Crippen molar-refractivity contribution in [2.75, 3.05) is 27.2 Å². The van der Waals surface area contributed by atoms with Gasteiger partial charge in [0.2, 0.25) is 5.43 Å². The van der Waals surface area contributed by atoms with E-state index >= 15 is 0 Å². The van der Waals surface area contributed by atoms with Crippen LogP contribution in [0.4, 0.5) is 0 Å². The van der Waals surface area contributed by atoms with Crippen LogP contribution in [0.3, 0.4) is 0 Å². The topological polar surface area (TPSA) is 93.4 Å². The third kappa shape index (κ3) is 3.54. The molecule has 2 aromatic heterocycles. The number of hydrogen-bond acceptors (Lipinski definition) is 5. The van der Waals surface area contributed by atoms with Gasteiger partial charge in [0.25, 0.3) is 0 Å². The first kappa shape index (κ1) is 21.5. The van der Waals surface area contributed by atoms with E-state index in [2.05, 4.69) is 35.8 Å². The number of likely N-dealkylation sites (tertiary alicyclic amines) is 1. The molecule has 8 nitrogen and oxygen atoms in total. The zero-order chi connectivity index (χ0) is 23.3. The van der Waals surface area contributed by atoms with Crippen LogP contribution in [0.15, 0.2) is 45.4 Å². The predicted octanol–water partition coefficient (Wildman–Crippen LogP) is 3.10. The first-order chi connectivity index (χ1) is 15.9. The summed E-state index contributed by atoms with van der Waals surface area (Å²) in [5.41, 5.74) is 3.59. The van der Waals surface area contributed by atoms with Gasteiger partial charge in [0.15, 0.2) is 0 Å². The highest BCUT2D eigenvalue weighted by Gasteiger charge is 2.27. The number of carbonyl (C=O) groups is 1. The van der Waals surface area contributed by atoms with Crippen molar-refractivity contribution in [2.24, 2.45) is 4.99 Å². The summed E-state index contributed by atoms with van der Waals surface area (Å²) in [5.74, 6) is -0.321. The molecular weight excluding hydrogens is 418 g/mol. The molecule has 0 spiro atoms. The molecule has 1 fully saturated rings. The molecule has 2 aliphatic heterocycles. The summed E-state index contributed by atoms with van der Waals surface area (Å²) in [5, 5.41) is 9.88. The number of aliphatic imine (C=N–C) groups is 1. The molecule has 1 saturated heterocycles. The SMILES string of the molecule is C/C1=C(N2CCC(N(C)C)CC2)\N=C/c2c(n3c([nH]c4ccccc43)c(C(=O)O)c2=O)CC1. The van der Waals surface area contributed by atoms with Crippen LogP contribution < -0.4 is 5.43 Å². The number of imidazole rings is 1. The van der Waals surface area contributed by atoms with E-state index in [9.17, 15) is 14.7 Å². The first-order valence-electron chi connectivity index (χ1n) is 11.4. The molecule has 0 aliphatic carbocycles. The number of nitrogens with one attached hydrogen (secondary N) is 1. The Kier molecular flexibility index (Phi) is 5.32. The van der Waals surface area contributed by atoms with Gasteiger partial charge in [-0.1, -0.05) is 12.1 Å². The summed E-state index contributed by atoms with van der Waals surface area (Å²) in [6, 6.07) is 8.20. The Bertz CT molecular complexity index is 1370. The van der Waals surface area contributed by atoms with E-state index < -0.39 is 11.4 Å². The largest absolute Gasteiger partial charge is 0.477 e. The molecule has 172 valence electrons. The van der Waals surface area contributed by atoms with Gasteiger partial charge in [-0.15, -0.1) is 0 Å². The summed E-state index contributed by atoms with van der Waals surface area (Å²) in [7, 11) is 4.24. The van der Waals surface area contributed by atoms with Crippen LogP contribution in [0.1, 0.15) is 47.8 Å². The number of nitrogens with zero attached hydrogens (tertiary/aromatic N) is 4. The normalized spacial score (nSPS) is 20.8. The van der Waals surface area contributed by atoms with Gasteiger partial charge < -0.3 is 19.9 Å². The molecule has 5 rings (SSSR count). The lowest BCUT2D eigenvalue weighted by atomic mass is 10.00. The number of carboxylic acid groups (broad SMARTS) is 1. The summed E-state index contributed by atoms with van der Waals surface area (Å²) < 4.78 is 1.89. The molecule has 1 aromatic carbocycles. The highest BCUT2D eigenvalue weighted by atomic mass is 16.4. The van der Waals surface area contributed by atoms with E-state index in [1.807, 2.05) is 28.7 Å². The monoisotopic (exact) mass is 447 g/mol. The summed E-state index contributed by atoms with van der Waals surface area (Å²) in [6.45, 7) is 3.94. The number of fused-ring (bicyclic) bond motifs is 5. The van der Waals surface area contributed by atoms with Crippen LogP contribution in [0.25, 0.3) is 16.7 Å². The quantitative estimate of drug-likeness (QED) is 0.644. The highest BCUT2D eigenvalue weighted by molar-refractivity contribution is 6.00. The fourth-order valence-electron chi connectivity index (χ4n) is 5.20. The number of rotatable bonds is 3. The minimum absolute atomic E-state index is 0.244. The molecule has 0 bridgehead atoms. The van der Waals surface area contributed by atoms with Crippen molar-refractivity contribution in [2.45, 2.75) is 38.6 Å². The molecule has 0 unspecified atom stereocenters. The predicted molar refractivity (Wildman–Crippen MR) is 129 cm³/mol. The molecule has 0 saturated carbocycles. The Labute approximate surface area is 191 Å². The molecule has 0 amide bonds. The maximum atomic E-state index is 13.4. The number of aromatic carboxylic acids is 1. The zero-order valence-corrected chi connectivity index (χ0v) is 19.3. The number of aromatic nitrogens is 2. The lowest BCUT2D eigenvalue weighted by Gasteiger charge is -2.37. The van der Waals surface area contributed by atoms with Gasteiger partial charge in [0.1, 0.15) is 17.0 Å². The number of aromatic amines is 1. The molecule has 2 aliphatic rings. The summed E-state index contributed by atoms with van der Waals surface area (Å²) >= 11 is 0.